The van der Waals surface area contributed by atoms with E-state index in [0.29, 0.717) is 6.42 Å². The number of aryl methyl sites for hydroxylation is 1. The van der Waals surface area contributed by atoms with Crippen molar-refractivity contribution in [2.45, 2.75) is 25.8 Å². The van der Waals surface area contributed by atoms with E-state index < -0.39 is 0 Å². The van der Waals surface area contributed by atoms with Crippen molar-refractivity contribution in [2.75, 3.05) is 5.32 Å². The summed E-state index contributed by atoms with van der Waals surface area (Å²) in [4.78, 5) is 12.2. The van der Waals surface area contributed by atoms with Crippen molar-refractivity contribution in [3.05, 3.63) is 65.2 Å². The van der Waals surface area contributed by atoms with Gasteiger partial charge in [-0.1, -0.05) is 48.0 Å². The van der Waals surface area contributed by atoms with Crippen molar-refractivity contribution in [3.63, 3.8) is 0 Å². The van der Waals surface area contributed by atoms with Crippen LogP contribution in [-0.4, -0.2) is 11.8 Å². The van der Waals surface area contributed by atoms with Crippen LogP contribution in [0.15, 0.2) is 48.5 Å². The molecule has 2 aromatic rings. The summed E-state index contributed by atoms with van der Waals surface area (Å²) in [6.45, 7) is 2.07. The van der Waals surface area contributed by atoms with Crippen LogP contribution >= 0.6 is 0 Å². The molecule has 0 saturated carbocycles. The van der Waals surface area contributed by atoms with Gasteiger partial charge in [0, 0.05) is 12.1 Å². The fraction of sp³-hybridized carbons (Fsp3) is 0.235. The molecule has 0 radical (unpaired) electrons. The molecule has 0 amide bonds. The summed E-state index contributed by atoms with van der Waals surface area (Å²) < 4.78 is 0. The van der Waals surface area contributed by atoms with Gasteiger partial charge in [0.1, 0.15) is 0 Å². The quantitative estimate of drug-likeness (QED) is 0.888. The van der Waals surface area contributed by atoms with E-state index >= 15 is 0 Å². The highest BCUT2D eigenvalue weighted by atomic mass is 16.1. The molecule has 0 aliphatic carbocycles. The molecule has 0 unspecified atom stereocenters. The van der Waals surface area contributed by atoms with Gasteiger partial charge in [-0.25, -0.2) is 0 Å². The van der Waals surface area contributed by atoms with Crippen LogP contribution in [0.3, 0.4) is 0 Å². The Bertz CT molecular complexity index is 601. The lowest BCUT2D eigenvalue weighted by Crippen LogP contribution is -2.37. The minimum absolute atomic E-state index is 0.0994. The van der Waals surface area contributed by atoms with Crippen molar-refractivity contribution >= 4 is 11.5 Å². The second-order valence-corrected chi connectivity index (χ2v) is 5.19. The molecule has 0 bridgehead atoms. The second kappa shape index (κ2) is 4.88. The monoisotopic (exact) mass is 251 g/mol. The van der Waals surface area contributed by atoms with Gasteiger partial charge in [0.2, 0.25) is 0 Å². The zero-order valence-corrected chi connectivity index (χ0v) is 11.0. The number of ketones is 1. The fourth-order valence-electron chi connectivity index (χ4n) is 2.52. The van der Waals surface area contributed by atoms with E-state index in [1.165, 1.54) is 11.1 Å². The number of fused-ring (bicyclic) bond motifs is 1. The summed E-state index contributed by atoms with van der Waals surface area (Å²) in [5.74, 6) is 0.277. The van der Waals surface area contributed by atoms with Crippen molar-refractivity contribution in [1.82, 2.24) is 0 Å². The molecular formula is C17H17NO. The Labute approximate surface area is 113 Å². The molecule has 1 N–H and O–H groups in total. The highest BCUT2D eigenvalue weighted by Crippen LogP contribution is 2.24. The number of nitrogens with one attached hydrogen (secondary N) is 1. The van der Waals surface area contributed by atoms with Crippen LogP contribution in [-0.2, 0) is 17.6 Å². The van der Waals surface area contributed by atoms with Crippen LogP contribution < -0.4 is 5.32 Å². The molecule has 0 aromatic heterocycles. The second-order valence-electron chi connectivity index (χ2n) is 5.19. The van der Waals surface area contributed by atoms with E-state index in [0.717, 1.165) is 17.7 Å². The van der Waals surface area contributed by atoms with E-state index in [1.807, 2.05) is 24.3 Å². The van der Waals surface area contributed by atoms with E-state index in [4.69, 9.17) is 0 Å². The van der Waals surface area contributed by atoms with E-state index in [-0.39, 0.29) is 11.8 Å². The van der Waals surface area contributed by atoms with Crippen molar-refractivity contribution in [1.29, 1.82) is 0 Å². The number of carbonyl (C=O) groups is 1. The topological polar surface area (TPSA) is 29.1 Å². The molecule has 2 nitrogen and oxygen atoms in total. The number of Topliss-reactive ketones (excluding diaryl/α,β-unsaturated/α-hetero) is 1. The van der Waals surface area contributed by atoms with Gasteiger partial charge in [-0.3, -0.25) is 4.79 Å². The number of hydrogen-bond acceptors (Lipinski definition) is 2. The first-order valence-electron chi connectivity index (χ1n) is 6.65. The Kier molecular flexibility index (Phi) is 3.08. The summed E-state index contributed by atoms with van der Waals surface area (Å²) >= 11 is 0. The van der Waals surface area contributed by atoms with Gasteiger partial charge in [0.05, 0.1) is 6.04 Å². The normalized spacial score (nSPS) is 17.7. The first-order valence-corrected chi connectivity index (χ1v) is 6.65. The third-order valence-electron chi connectivity index (χ3n) is 3.66. The van der Waals surface area contributed by atoms with Crippen LogP contribution in [0.2, 0.25) is 0 Å². The molecule has 1 aliphatic heterocycles. The average molecular weight is 251 g/mol. The fourth-order valence-corrected chi connectivity index (χ4v) is 2.52. The first kappa shape index (κ1) is 12.0. The maximum Gasteiger partial charge on any atom is 0.159 e. The molecule has 19 heavy (non-hydrogen) atoms. The van der Waals surface area contributed by atoms with Gasteiger partial charge < -0.3 is 5.32 Å². The van der Waals surface area contributed by atoms with Crippen LogP contribution in [0, 0.1) is 6.92 Å². The van der Waals surface area contributed by atoms with Gasteiger partial charge >= 0.3 is 0 Å². The van der Waals surface area contributed by atoms with Gasteiger partial charge in [-0.15, -0.1) is 0 Å². The minimum Gasteiger partial charge on any atom is -0.375 e. The number of rotatable bonds is 2. The Morgan fingerprint density at radius 3 is 2.63 bits per heavy atom. The van der Waals surface area contributed by atoms with Crippen molar-refractivity contribution in [3.8, 4) is 0 Å². The van der Waals surface area contributed by atoms with Gasteiger partial charge in [0.25, 0.3) is 0 Å². The Hall–Kier alpha value is -2.09. The summed E-state index contributed by atoms with van der Waals surface area (Å²) in [6, 6.07) is 16.3. The Morgan fingerprint density at radius 1 is 1.11 bits per heavy atom. The van der Waals surface area contributed by atoms with Crippen molar-refractivity contribution < 1.29 is 4.79 Å². The number of carbonyl (C=O) groups excluding carboxylic acids is 1. The molecule has 96 valence electrons. The molecule has 1 atom stereocenters. The number of benzene rings is 2. The van der Waals surface area contributed by atoms with E-state index in [2.05, 4.69) is 36.5 Å². The first-order chi connectivity index (χ1) is 9.22. The smallest absolute Gasteiger partial charge is 0.159 e. The van der Waals surface area contributed by atoms with Gasteiger partial charge in [0.15, 0.2) is 5.78 Å². The predicted molar refractivity (Wildman–Crippen MR) is 77.4 cm³/mol. The Balaban J connectivity index is 1.79. The summed E-state index contributed by atoms with van der Waals surface area (Å²) in [7, 11) is 0. The molecule has 2 aromatic carbocycles. The molecule has 1 aliphatic rings. The average Bonchev–Trinajstić information content (AvgIpc) is 2.42. The number of anilines is 1. The summed E-state index contributed by atoms with van der Waals surface area (Å²) in [5, 5.41) is 3.36. The lowest BCUT2D eigenvalue weighted by atomic mass is 9.92. The van der Waals surface area contributed by atoms with Crippen LogP contribution in [0.5, 0.6) is 0 Å². The maximum atomic E-state index is 12.2. The lowest BCUT2D eigenvalue weighted by Gasteiger charge is -2.26. The molecular weight excluding hydrogens is 234 g/mol. The third-order valence-corrected chi connectivity index (χ3v) is 3.66. The maximum absolute atomic E-state index is 12.2. The highest BCUT2D eigenvalue weighted by Gasteiger charge is 2.25. The van der Waals surface area contributed by atoms with E-state index in [1.54, 1.807) is 0 Å². The molecule has 1 heterocycles. The van der Waals surface area contributed by atoms with Crippen LogP contribution in [0.25, 0.3) is 0 Å². The predicted octanol–water partition coefficient (Wildman–Crippen LogP) is 3.14. The van der Waals surface area contributed by atoms with Crippen LogP contribution in [0.4, 0.5) is 5.69 Å². The molecule has 0 saturated heterocycles. The van der Waals surface area contributed by atoms with Crippen molar-refractivity contribution in [2.24, 2.45) is 0 Å². The molecule has 0 spiro atoms. The van der Waals surface area contributed by atoms with Gasteiger partial charge in [-0.05, 0) is 30.5 Å². The van der Waals surface area contributed by atoms with Gasteiger partial charge in [-0.2, -0.15) is 0 Å². The Morgan fingerprint density at radius 2 is 1.84 bits per heavy atom. The van der Waals surface area contributed by atoms with E-state index in [9.17, 15) is 4.79 Å². The molecule has 0 fully saturated rings. The molecule has 3 rings (SSSR count). The van der Waals surface area contributed by atoms with Crippen LogP contribution in [0.1, 0.15) is 16.7 Å². The minimum atomic E-state index is -0.0994. The largest absolute Gasteiger partial charge is 0.375 e. The molecule has 2 heteroatoms. The standard InChI is InChI=1S/C17H17NO/c1-12-6-8-13(9-7-12)10-16-17(19)11-14-4-2-3-5-15(14)18-16/h2-9,16,18H,10-11H2,1H3/t16-/m0/s1. The highest BCUT2D eigenvalue weighted by molar-refractivity contribution is 5.92. The lowest BCUT2D eigenvalue weighted by molar-refractivity contribution is -0.119. The third kappa shape index (κ3) is 2.53. The zero-order valence-electron chi connectivity index (χ0n) is 11.0. The SMILES string of the molecule is Cc1ccc(C[C@@H]2Nc3ccccc3CC2=O)cc1. The summed E-state index contributed by atoms with van der Waals surface area (Å²) in [6.07, 6.45) is 1.30. The zero-order chi connectivity index (χ0) is 13.2. The number of para-hydroxylation sites is 1. The summed E-state index contributed by atoms with van der Waals surface area (Å²) in [5.41, 5.74) is 4.65. The number of hydrogen-bond donors (Lipinski definition) is 1.